The molecule has 1 heterocycles. The van der Waals surface area contributed by atoms with Gasteiger partial charge in [-0.05, 0) is 64.8 Å². The van der Waals surface area contributed by atoms with Crippen LogP contribution >= 0.6 is 0 Å². The maximum absolute atomic E-state index is 14.0. The number of halogens is 2. The van der Waals surface area contributed by atoms with Gasteiger partial charge in [0.2, 0.25) is 0 Å². The fourth-order valence-electron chi connectivity index (χ4n) is 4.83. The lowest BCUT2D eigenvalue weighted by molar-refractivity contribution is -0.156. The molecule has 2 aromatic rings. The maximum Gasteiger partial charge on any atom is 0.307 e. The van der Waals surface area contributed by atoms with E-state index in [4.69, 9.17) is 4.74 Å². The first-order valence-corrected chi connectivity index (χ1v) is 12.7. The number of piperidine rings is 1. The molecule has 0 N–H and O–H groups in total. The third kappa shape index (κ3) is 9.01. The highest BCUT2D eigenvalue weighted by atomic mass is 19.3. The van der Waals surface area contributed by atoms with Crippen LogP contribution in [0.5, 0.6) is 0 Å². The summed E-state index contributed by atoms with van der Waals surface area (Å²) >= 11 is 0. The zero-order valence-electron chi connectivity index (χ0n) is 21.6. The van der Waals surface area contributed by atoms with Crippen LogP contribution in [0.15, 0.2) is 60.7 Å². The van der Waals surface area contributed by atoms with Crippen molar-refractivity contribution in [1.29, 1.82) is 0 Å². The molecule has 0 saturated carbocycles. The van der Waals surface area contributed by atoms with Gasteiger partial charge in [0.05, 0.1) is 13.0 Å². The van der Waals surface area contributed by atoms with Gasteiger partial charge in [-0.3, -0.25) is 14.6 Å². The predicted octanol–water partition coefficient (Wildman–Crippen LogP) is 6.47. The number of esters is 1. The molecule has 6 heteroatoms. The van der Waals surface area contributed by atoms with Crippen LogP contribution in [0.4, 0.5) is 8.78 Å². The number of rotatable bonds is 10. The molecule has 3 rings (SSSR count). The maximum atomic E-state index is 14.0. The number of hydrogen-bond donors (Lipinski definition) is 0. The lowest BCUT2D eigenvalue weighted by Crippen LogP contribution is -2.46. The Kier molecular flexibility index (Phi) is 9.42. The van der Waals surface area contributed by atoms with E-state index in [-0.39, 0.29) is 37.4 Å². The summed E-state index contributed by atoms with van der Waals surface area (Å²) in [4.78, 5) is 17.1. The van der Waals surface area contributed by atoms with Gasteiger partial charge in [-0.15, -0.1) is 0 Å². The van der Waals surface area contributed by atoms with Gasteiger partial charge in [-0.2, -0.15) is 0 Å². The monoisotopic (exact) mass is 486 g/mol. The van der Waals surface area contributed by atoms with Crippen LogP contribution in [0.2, 0.25) is 0 Å². The first-order valence-electron chi connectivity index (χ1n) is 12.7. The SMILES string of the molecule is CC(c1ccccc1)N(Cc1ccccc1)C(CCN1CCCC(F)(F)C1)CC(=O)OC(C)(C)C. The predicted molar refractivity (Wildman–Crippen MR) is 136 cm³/mol. The quantitative estimate of drug-likeness (QED) is 0.360. The van der Waals surface area contributed by atoms with E-state index in [9.17, 15) is 13.6 Å². The molecular weight excluding hydrogens is 446 g/mol. The summed E-state index contributed by atoms with van der Waals surface area (Å²) < 4.78 is 33.8. The summed E-state index contributed by atoms with van der Waals surface area (Å²) in [7, 11) is 0. The minimum absolute atomic E-state index is 0.0339. The Balaban J connectivity index is 1.86. The van der Waals surface area contributed by atoms with Crippen molar-refractivity contribution in [2.24, 2.45) is 0 Å². The number of carbonyl (C=O) groups is 1. The van der Waals surface area contributed by atoms with Gasteiger partial charge in [0.15, 0.2) is 0 Å². The van der Waals surface area contributed by atoms with Gasteiger partial charge in [-0.25, -0.2) is 8.78 Å². The topological polar surface area (TPSA) is 32.8 Å². The van der Waals surface area contributed by atoms with E-state index in [1.807, 2.05) is 62.1 Å². The lowest BCUT2D eigenvalue weighted by Gasteiger charge is -2.39. The number of nitrogens with zero attached hydrogens (tertiary/aromatic N) is 2. The zero-order chi connectivity index (χ0) is 25.5. The molecule has 2 unspecified atom stereocenters. The molecule has 0 aromatic heterocycles. The van der Waals surface area contributed by atoms with Crippen molar-refractivity contribution in [2.75, 3.05) is 19.6 Å². The minimum atomic E-state index is -2.64. The Morgan fingerprint density at radius 1 is 1.09 bits per heavy atom. The summed E-state index contributed by atoms with van der Waals surface area (Å²) in [6, 6.07) is 20.3. The fourth-order valence-corrected chi connectivity index (χ4v) is 4.83. The van der Waals surface area contributed by atoms with Gasteiger partial charge >= 0.3 is 5.97 Å². The number of carbonyl (C=O) groups excluding carboxylic acids is 1. The second kappa shape index (κ2) is 12.1. The summed E-state index contributed by atoms with van der Waals surface area (Å²) in [5, 5.41) is 0. The third-order valence-electron chi connectivity index (χ3n) is 6.53. The Morgan fingerprint density at radius 2 is 1.71 bits per heavy atom. The van der Waals surface area contributed by atoms with Crippen LogP contribution in [0.1, 0.15) is 70.5 Å². The molecule has 0 aliphatic carbocycles. The van der Waals surface area contributed by atoms with E-state index < -0.39 is 11.5 Å². The largest absolute Gasteiger partial charge is 0.460 e. The Bertz CT molecular complexity index is 915. The van der Waals surface area contributed by atoms with Crippen LogP contribution in [0.3, 0.4) is 0 Å². The molecule has 192 valence electrons. The summed E-state index contributed by atoms with van der Waals surface area (Å²) in [6.45, 7) is 9.38. The summed E-state index contributed by atoms with van der Waals surface area (Å²) in [6.07, 6.45) is 1.28. The Labute approximate surface area is 209 Å². The molecule has 1 saturated heterocycles. The van der Waals surface area contributed by atoms with E-state index in [2.05, 4.69) is 36.1 Å². The molecular formula is C29H40F2N2O2. The van der Waals surface area contributed by atoms with Crippen LogP contribution in [0, 0.1) is 0 Å². The Hall–Kier alpha value is -2.31. The number of benzene rings is 2. The first-order chi connectivity index (χ1) is 16.5. The summed E-state index contributed by atoms with van der Waals surface area (Å²) in [5.74, 6) is -2.90. The minimum Gasteiger partial charge on any atom is -0.460 e. The van der Waals surface area contributed by atoms with Gasteiger partial charge < -0.3 is 4.74 Å². The van der Waals surface area contributed by atoms with E-state index in [0.717, 1.165) is 11.1 Å². The molecule has 0 bridgehead atoms. The number of likely N-dealkylation sites (tertiary alicyclic amines) is 1. The van der Waals surface area contributed by atoms with Crippen LogP contribution in [-0.2, 0) is 16.1 Å². The van der Waals surface area contributed by atoms with Gasteiger partial charge in [-0.1, -0.05) is 60.7 Å². The standard InChI is InChI=1S/C29H40F2N2O2/c1-23(25-14-9-6-10-15-25)33(21-24-12-7-5-8-13-24)26(20-27(34)35-28(2,3)4)16-19-32-18-11-17-29(30,31)22-32/h5-10,12-15,23,26H,11,16-22H2,1-4H3. The van der Waals surface area contributed by atoms with Crippen molar-refractivity contribution in [2.45, 2.75) is 83.5 Å². The van der Waals surface area contributed by atoms with Crippen molar-refractivity contribution in [1.82, 2.24) is 9.80 Å². The number of hydrogen-bond acceptors (Lipinski definition) is 4. The molecule has 35 heavy (non-hydrogen) atoms. The average molecular weight is 487 g/mol. The van der Waals surface area contributed by atoms with E-state index in [0.29, 0.717) is 32.5 Å². The van der Waals surface area contributed by atoms with Crippen molar-refractivity contribution < 1.29 is 18.3 Å². The molecule has 4 nitrogen and oxygen atoms in total. The third-order valence-corrected chi connectivity index (χ3v) is 6.53. The molecule has 2 atom stereocenters. The van der Waals surface area contributed by atoms with Gasteiger partial charge in [0.1, 0.15) is 5.60 Å². The first kappa shape index (κ1) is 27.3. The van der Waals surface area contributed by atoms with Gasteiger partial charge in [0, 0.05) is 25.0 Å². The molecule has 1 fully saturated rings. The fraction of sp³-hybridized carbons (Fsp3) is 0.552. The van der Waals surface area contributed by atoms with E-state index in [1.165, 1.54) is 0 Å². The van der Waals surface area contributed by atoms with Crippen molar-refractivity contribution in [3.8, 4) is 0 Å². The Morgan fingerprint density at radius 3 is 2.31 bits per heavy atom. The van der Waals surface area contributed by atoms with Crippen LogP contribution in [-0.4, -0.2) is 53.0 Å². The average Bonchev–Trinajstić information content (AvgIpc) is 2.79. The second-order valence-corrected chi connectivity index (χ2v) is 10.7. The number of alkyl halides is 2. The van der Waals surface area contributed by atoms with Crippen LogP contribution in [0.25, 0.3) is 0 Å². The van der Waals surface area contributed by atoms with E-state index in [1.54, 1.807) is 0 Å². The highest BCUT2D eigenvalue weighted by Gasteiger charge is 2.36. The smallest absolute Gasteiger partial charge is 0.307 e. The molecule has 0 radical (unpaired) electrons. The highest BCUT2D eigenvalue weighted by Crippen LogP contribution is 2.30. The van der Waals surface area contributed by atoms with Crippen molar-refractivity contribution >= 4 is 5.97 Å². The van der Waals surface area contributed by atoms with E-state index >= 15 is 0 Å². The summed E-state index contributed by atoms with van der Waals surface area (Å²) in [5.41, 5.74) is 1.72. The zero-order valence-corrected chi connectivity index (χ0v) is 21.6. The number of ether oxygens (including phenoxy) is 1. The highest BCUT2D eigenvalue weighted by molar-refractivity contribution is 5.70. The molecule has 0 amide bonds. The second-order valence-electron chi connectivity index (χ2n) is 10.7. The van der Waals surface area contributed by atoms with Crippen molar-refractivity contribution in [3.63, 3.8) is 0 Å². The molecule has 0 spiro atoms. The molecule has 1 aliphatic heterocycles. The van der Waals surface area contributed by atoms with Gasteiger partial charge in [0.25, 0.3) is 5.92 Å². The molecule has 1 aliphatic rings. The normalized spacial score (nSPS) is 18.3. The van der Waals surface area contributed by atoms with Crippen LogP contribution < -0.4 is 0 Å². The molecule has 2 aromatic carbocycles. The van der Waals surface area contributed by atoms with Crippen molar-refractivity contribution in [3.05, 3.63) is 71.8 Å². The lowest BCUT2D eigenvalue weighted by atomic mass is 9.99.